The van der Waals surface area contributed by atoms with E-state index in [9.17, 15) is 18.0 Å². The maximum atomic E-state index is 13.8. The van der Waals surface area contributed by atoms with Gasteiger partial charge in [0, 0.05) is 6.54 Å². The molecule has 0 aliphatic heterocycles. The number of nitrogens with one attached hydrogen (secondary N) is 1. The maximum absolute atomic E-state index is 13.8. The molecule has 0 radical (unpaired) electrons. The Morgan fingerprint density at radius 3 is 2.33 bits per heavy atom. The number of methoxy groups -OCH3 is 1. The van der Waals surface area contributed by atoms with Crippen LogP contribution in [0.25, 0.3) is 0 Å². The molecular formula is C15H12F3NO2. The summed E-state index contributed by atoms with van der Waals surface area (Å²) in [6.45, 7) is 0.189. The quantitative estimate of drug-likeness (QED) is 0.877. The highest BCUT2D eigenvalue weighted by Gasteiger charge is 2.18. The van der Waals surface area contributed by atoms with Crippen LogP contribution in [0.3, 0.4) is 0 Å². The molecule has 110 valence electrons. The Hall–Kier alpha value is -2.50. The third-order valence-electron chi connectivity index (χ3n) is 2.88. The van der Waals surface area contributed by atoms with Crippen molar-refractivity contribution in [3.8, 4) is 0 Å². The molecule has 0 spiro atoms. The van der Waals surface area contributed by atoms with Crippen molar-refractivity contribution in [3.63, 3.8) is 0 Å². The van der Waals surface area contributed by atoms with E-state index in [0.29, 0.717) is 5.56 Å². The zero-order valence-corrected chi connectivity index (χ0v) is 11.1. The van der Waals surface area contributed by atoms with E-state index >= 15 is 0 Å². The molecule has 2 aromatic rings. The van der Waals surface area contributed by atoms with Gasteiger partial charge in [0.05, 0.1) is 18.4 Å². The summed E-state index contributed by atoms with van der Waals surface area (Å²) in [7, 11) is 1.08. The molecule has 0 bridgehead atoms. The van der Waals surface area contributed by atoms with Crippen LogP contribution in [0.5, 0.6) is 0 Å². The fraction of sp³-hybridized carbons (Fsp3) is 0.133. The van der Waals surface area contributed by atoms with E-state index in [1.807, 2.05) is 0 Å². The first kappa shape index (κ1) is 14.9. The molecule has 0 atom stereocenters. The normalized spacial score (nSPS) is 10.3. The smallest absolute Gasteiger partial charge is 0.340 e. The van der Waals surface area contributed by atoms with Crippen molar-refractivity contribution in [1.29, 1.82) is 0 Å². The maximum Gasteiger partial charge on any atom is 0.340 e. The molecule has 0 heterocycles. The van der Waals surface area contributed by atoms with Crippen LogP contribution in [0.1, 0.15) is 15.9 Å². The van der Waals surface area contributed by atoms with Crippen LogP contribution >= 0.6 is 0 Å². The zero-order valence-electron chi connectivity index (χ0n) is 11.1. The second-order valence-corrected chi connectivity index (χ2v) is 4.26. The third-order valence-corrected chi connectivity index (χ3v) is 2.88. The molecule has 0 unspecified atom stereocenters. The SMILES string of the molecule is COC(=O)c1ccc(NCc2ccc(F)cc2)c(F)c1F. The van der Waals surface area contributed by atoms with Gasteiger partial charge in [-0.25, -0.2) is 18.0 Å². The number of carbonyl (C=O) groups excluding carboxylic acids is 1. The Morgan fingerprint density at radius 2 is 1.71 bits per heavy atom. The molecule has 0 fully saturated rings. The van der Waals surface area contributed by atoms with E-state index in [1.165, 1.54) is 30.3 Å². The second kappa shape index (κ2) is 6.30. The summed E-state index contributed by atoms with van der Waals surface area (Å²) >= 11 is 0. The standard InChI is InChI=1S/C15H12F3NO2/c1-21-15(20)11-6-7-12(14(18)13(11)17)19-8-9-2-4-10(16)5-3-9/h2-7,19H,8H2,1H3. The van der Waals surface area contributed by atoms with Gasteiger partial charge in [-0.1, -0.05) is 12.1 Å². The highest BCUT2D eigenvalue weighted by molar-refractivity contribution is 5.90. The van der Waals surface area contributed by atoms with Crippen LogP contribution < -0.4 is 5.32 Å². The van der Waals surface area contributed by atoms with E-state index in [2.05, 4.69) is 10.1 Å². The van der Waals surface area contributed by atoms with Gasteiger partial charge in [0.2, 0.25) is 0 Å². The lowest BCUT2D eigenvalue weighted by Gasteiger charge is -2.10. The van der Waals surface area contributed by atoms with Crippen molar-refractivity contribution >= 4 is 11.7 Å². The number of hydrogen-bond acceptors (Lipinski definition) is 3. The molecule has 2 aromatic carbocycles. The Labute approximate surface area is 119 Å². The molecule has 2 rings (SSSR count). The molecule has 3 nitrogen and oxygen atoms in total. The predicted octanol–water partition coefficient (Wildman–Crippen LogP) is 3.50. The number of anilines is 1. The average Bonchev–Trinajstić information content (AvgIpc) is 2.49. The second-order valence-electron chi connectivity index (χ2n) is 4.26. The van der Waals surface area contributed by atoms with Crippen LogP contribution in [0.15, 0.2) is 36.4 Å². The summed E-state index contributed by atoms with van der Waals surface area (Å²) in [6.07, 6.45) is 0. The summed E-state index contributed by atoms with van der Waals surface area (Å²) in [5.74, 6) is -3.76. The number of rotatable bonds is 4. The molecule has 6 heteroatoms. The monoisotopic (exact) mass is 295 g/mol. The van der Waals surface area contributed by atoms with Gasteiger partial charge in [-0.05, 0) is 29.8 Å². The largest absolute Gasteiger partial charge is 0.465 e. The Morgan fingerprint density at radius 1 is 1.05 bits per heavy atom. The van der Waals surface area contributed by atoms with Crippen molar-refractivity contribution in [2.24, 2.45) is 0 Å². The average molecular weight is 295 g/mol. The minimum Gasteiger partial charge on any atom is -0.465 e. The number of hydrogen-bond donors (Lipinski definition) is 1. The summed E-state index contributed by atoms with van der Waals surface area (Å²) in [5.41, 5.74) is 0.139. The Bertz CT molecular complexity index is 657. The first-order chi connectivity index (χ1) is 10.0. The molecule has 0 saturated heterocycles. The number of ether oxygens (including phenoxy) is 1. The van der Waals surface area contributed by atoms with Crippen molar-refractivity contribution in [3.05, 3.63) is 65.0 Å². The fourth-order valence-electron chi connectivity index (χ4n) is 1.75. The van der Waals surface area contributed by atoms with Crippen LogP contribution in [-0.2, 0) is 11.3 Å². The van der Waals surface area contributed by atoms with Gasteiger partial charge in [-0.3, -0.25) is 0 Å². The molecule has 1 N–H and O–H groups in total. The number of benzene rings is 2. The van der Waals surface area contributed by atoms with Crippen molar-refractivity contribution in [1.82, 2.24) is 0 Å². The third kappa shape index (κ3) is 3.34. The highest BCUT2D eigenvalue weighted by Crippen LogP contribution is 2.22. The lowest BCUT2D eigenvalue weighted by Crippen LogP contribution is -2.09. The fourth-order valence-corrected chi connectivity index (χ4v) is 1.75. The highest BCUT2D eigenvalue weighted by atomic mass is 19.2. The van der Waals surface area contributed by atoms with Gasteiger partial charge in [0.25, 0.3) is 0 Å². The summed E-state index contributed by atoms with van der Waals surface area (Å²) < 4.78 is 44.6. The molecule has 0 saturated carbocycles. The number of carbonyl (C=O) groups is 1. The van der Waals surface area contributed by atoms with Crippen LogP contribution in [0.4, 0.5) is 18.9 Å². The van der Waals surface area contributed by atoms with Crippen molar-refractivity contribution in [2.45, 2.75) is 6.54 Å². The van der Waals surface area contributed by atoms with E-state index in [1.54, 1.807) is 0 Å². The molecule has 21 heavy (non-hydrogen) atoms. The van der Waals surface area contributed by atoms with Gasteiger partial charge >= 0.3 is 5.97 Å². The predicted molar refractivity (Wildman–Crippen MR) is 71.4 cm³/mol. The number of esters is 1. The summed E-state index contributed by atoms with van der Waals surface area (Å²) in [6, 6.07) is 7.98. The van der Waals surface area contributed by atoms with E-state index < -0.39 is 23.2 Å². The molecule has 0 aromatic heterocycles. The topological polar surface area (TPSA) is 38.3 Å². The lowest BCUT2D eigenvalue weighted by molar-refractivity contribution is 0.0594. The van der Waals surface area contributed by atoms with Gasteiger partial charge in [-0.2, -0.15) is 0 Å². The van der Waals surface area contributed by atoms with E-state index in [4.69, 9.17) is 0 Å². The van der Waals surface area contributed by atoms with Crippen LogP contribution in [0, 0.1) is 17.5 Å². The minimum absolute atomic E-state index is 0.0931. The van der Waals surface area contributed by atoms with Gasteiger partial charge in [0.1, 0.15) is 5.82 Å². The summed E-state index contributed by atoms with van der Waals surface area (Å²) in [4.78, 5) is 11.2. The first-order valence-electron chi connectivity index (χ1n) is 6.07. The zero-order chi connectivity index (χ0) is 15.4. The van der Waals surface area contributed by atoms with E-state index in [-0.39, 0.29) is 18.0 Å². The van der Waals surface area contributed by atoms with Crippen molar-refractivity contribution in [2.75, 3.05) is 12.4 Å². The Balaban J connectivity index is 2.16. The van der Waals surface area contributed by atoms with Gasteiger partial charge in [0.15, 0.2) is 11.6 Å². The van der Waals surface area contributed by atoms with Gasteiger partial charge in [-0.15, -0.1) is 0 Å². The minimum atomic E-state index is -1.27. The number of halogens is 3. The van der Waals surface area contributed by atoms with E-state index in [0.717, 1.165) is 13.2 Å². The molecule has 0 aliphatic carbocycles. The van der Waals surface area contributed by atoms with Crippen LogP contribution in [-0.4, -0.2) is 13.1 Å². The molecule has 0 amide bonds. The summed E-state index contributed by atoms with van der Waals surface area (Å²) in [5, 5.41) is 2.68. The van der Waals surface area contributed by atoms with Crippen LogP contribution in [0.2, 0.25) is 0 Å². The van der Waals surface area contributed by atoms with Crippen molar-refractivity contribution < 1.29 is 22.7 Å². The lowest BCUT2D eigenvalue weighted by atomic mass is 10.1. The Kier molecular flexibility index (Phi) is 4.47. The van der Waals surface area contributed by atoms with Gasteiger partial charge < -0.3 is 10.1 Å². The first-order valence-corrected chi connectivity index (χ1v) is 6.07. The molecule has 0 aliphatic rings. The molecular weight excluding hydrogens is 283 g/mol.